The molecule has 0 aliphatic carbocycles. The van der Waals surface area contributed by atoms with E-state index in [4.69, 9.17) is 24.7 Å². The molecule has 0 spiro atoms. The summed E-state index contributed by atoms with van der Waals surface area (Å²) < 4.78 is 21.6. The van der Waals surface area contributed by atoms with Crippen molar-refractivity contribution in [3.8, 4) is 44.6 Å². The molecule has 0 bridgehead atoms. The summed E-state index contributed by atoms with van der Waals surface area (Å²) in [5.74, 6) is 2.48. The van der Waals surface area contributed by atoms with E-state index >= 15 is 0 Å². The second kappa shape index (κ2) is 7.58. The number of hydrogen-bond acceptors (Lipinski definition) is 6. The van der Waals surface area contributed by atoms with Crippen LogP contribution in [0.1, 0.15) is 0 Å². The van der Waals surface area contributed by atoms with E-state index in [9.17, 15) is 0 Å². The third-order valence-electron chi connectivity index (χ3n) is 4.13. The van der Waals surface area contributed by atoms with Crippen molar-refractivity contribution in [2.24, 2.45) is 0 Å². The minimum atomic E-state index is 0.575. The van der Waals surface area contributed by atoms with E-state index < -0.39 is 0 Å². The lowest BCUT2D eigenvalue weighted by Gasteiger charge is -2.14. The Morgan fingerprint density at radius 3 is 1.92 bits per heavy atom. The second-order valence-electron chi connectivity index (χ2n) is 5.53. The zero-order chi connectivity index (χ0) is 18.7. The topological polar surface area (TPSA) is 62.9 Å². The maximum Gasteiger partial charge on any atom is 0.203 e. The molecule has 0 atom stereocenters. The van der Waals surface area contributed by atoms with Gasteiger partial charge in [0.05, 0.1) is 34.1 Å². The fourth-order valence-electron chi connectivity index (χ4n) is 2.87. The number of nitrogens with two attached hydrogens (primary N) is 1. The zero-order valence-electron chi connectivity index (χ0n) is 15.2. The molecule has 2 N–H and O–H groups in total. The third-order valence-corrected chi connectivity index (χ3v) is 5.10. The van der Waals surface area contributed by atoms with E-state index in [1.807, 2.05) is 35.7 Å². The first-order chi connectivity index (χ1) is 12.6. The van der Waals surface area contributed by atoms with Gasteiger partial charge in [0.25, 0.3) is 0 Å². The summed E-state index contributed by atoms with van der Waals surface area (Å²) in [6, 6.07) is 11.8. The zero-order valence-corrected chi connectivity index (χ0v) is 16.0. The number of methoxy groups -OCH3 is 4. The molecule has 26 heavy (non-hydrogen) atoms. The average molecular weight is 371 g/mol. The lowest BCUT2D eigenvalue weighted by atomic mass is 10.0. The van der Waals surface area contributed by atoms with Crippen LogP contribution in [0.15, 0.2) is 41.8 Å². The minimum absolute atomic E-state index is 0.575. The number of rotatable bonds is 6. The first kappa shape index (κ1) is 17.9. The Bertz CT molecular complexity index is 895. The van der Waals surface area contributed by atoms with Crippen LogP contribution in [0, 0.1) is 0 Å². The number of hydrogen-bond donors (Lipinski definition) is 1. The molecule has 0 saturated carbocycles. The van der Waals surface area contributed by atoms with Crippen molar-refractivity contribution in [3.05, 3.63) is 41.8 Å². The molecule has 0 amide bonds. The monoisotopic (exact) mass is 371 g/mol. The van der Waals surface area contributed by atoms with E-state index in [0.717, 1.165) is 21.6 Å². The minimum Gasteiger partial charge on any atom is -0.495 e. The standard InChI is InChI=1S/C20H21NO4S/c1-22-16-6-5-12(9-15(16)21)14-7-8-26-20(14)13-10-17(23-2)19(25-4)18(11-13)24-3/h5-11H,21H2,1-4H3. The van der Waals surface area contributed by atoms with E-state index in [0.29, 0.717) is 28.7 Å². The molecule has 2 aromatic carbocycles. The van der Waals surface area contributed by atoms with E-state index in [-0.39, 0.29) is 0 Å². The summed E-state index contributed by atoms with van der Waals surface area (Å²) in [6.45, 7) is 0. The van der Waals surface area contributed by atoms with Crippen LogP contribution < -0.4 is 24.7 Å². The van der Waals surface area contributed by atoms with E-state index in [1.165, 1.54) is 0 Å². The first-order valence-electron chi connectivity index (χ1n) is 7.94. The van der Waals surface area contributed by atoms with Gasteiger partial charge in [-0.3, -0.25) is 0 Å². The van der Waals surface area contributed by atoms with Crippen LogP contribution in [0.25, 0.3) is 21.6 Å². The van der Waals surface area contributed by atoms with Crippen molar-refractivity contribution in [3.63, 3.8) is 0 Å². The van der Waals surface area contributed by atoms with Gasteiger partial charge < -0.3 is 24.7 Å². The molecule has 3 rings (SSSR count). The Labute approximate surface area is 156 Å². The molecule has 1 aromatic heterocycles. The van der Waals surface area contributed by atoms with Gasteiger partial charge in [-0.25, -0.2) is 0 Å². The van der Waals surface area contributed by atoms with Gasteiger partial charge in [0.15, 0.2) is 11.5 Å². The summed E-state index contributed by atoms with van der Waals surface area (Å²) in [5.41, 5.74) is 9.77. The molecule has 0 saturated heterocycles. The molecule has 0 fully saturated rings. The van der Waals surface area contributed by atoms with Crippen molar-refractivity contribution < 1.29 is 18.9 Å². The summed E-state index contributed by atoms with van der Waals surface area (Å²) in [5, 5.41) is 2.05. The van der Waals surface area contributed by atoms with Crippen LogP contribution in [-0.4, -0.2) is 28.4 Å². The van der Waals surface area contributed by atoms with Crippen LogP contribution in [0.2, 0.25) is 0 Å². The molecule has 136 valence electrons. The first-order valence-corrected chi connectivity index (χ1v) is 8.82. The maximum atomic E-state index is 6.08. The Kier molecular flexibility index (Phi) is 5.23. The van der Waals surface area contributed by atoms with Crippen molar-refractivity contribution in [1.29, 1.82) is 0 Å². The predicted octanol–water partition coefficient (Wildman–Crippen LogP) is 4.70. The van der Waals surface area contributed by atoms with Crippen molar-refractivity contribution in [1.82, 2.24) is 0 Å². The van der Waals surface area contributed by atoms with Crippen LogP contribution >= 0.6 is 11.3 Å². The van der Waals surface area contributed by atoms with Crippen LogP contribution in [0.4, 0.5) is 5.69 Å². The SMILES string of the molecule is COc1ccc(-c2ccsc2-c2cc(OC)c(OC)c(OC)c2)cc1N. The summed E-state index contributed by atoms with van der Waals surface area (Å²) in [6.07, 6.45) is 0. The molecule has 6 heteroatoms. The molecule has 1 heterocycles. The number of benzene rings is 2. The highest BCUT2D eigenvalue weighted by molar-refractivity contribution is 7.14. The van der Waals surface area contributed by atoms with E-state index in [2.05, 4.69) is 6.07 Å². The fraction of sp³-hybridized carbons (Fsp3) is 0.200. The van der Waals surface area contributed by atoms with Gasteiger partial charge in [-0.1, -0.05) is 6.07 Å². The van der Waals surface area contributed by atoms with Gasteiger partial charge in [-0.05, 0) is 46.8 Å². The highest BCUT2D eigenvalue weighted by atomic mass is 32.1. The largest absolute Gasteiger partial charge is 0.495 e. The number of anilines is 1. The fourth-order valence-corrected chi connectivity index (χ4v) is 3.78. The van der Waals surface area contributed by atoms with Crippen LogP contribution in [0.3, 0.4) is 0 Å². The van der Waals surface area contributed by atoms with E-state index in [1.54, 1.807) is 39.8 Å². The van der Waals surface area contributed by atoms with Gasteiger partial charge in [-0.2, -0.15) is 0 Å². The molecule has 0 radical (unpaired) electrons. The quantitative estimate of drug-likeness (QED) is 0.637. The van der Waals surface area contributed by atoms with Gasteiger partial charge in [-0.15, -0.1) is 11.3 Å². The number of ether oxygens (including phenoxy) is 4. The number of thiophene rings is 1. The maximum absolute atomic E-state index is 6.08. The highest BCUT2D eigenvalue weighted by Crippen LogP contribution is 2.45. The summed E-state index contributed by atoms with van der Waals surface area (Å²) >= 11 is 1.64. The summed E-state index contributed by atoms with van der Waals surface area (Å²) in [4.78, 5) is 1.09. The van der Waals surface area contributed by atoms with Crippen molar-refractivity contribution in [2.75, 3.05) is 34.2 Å². The Morgan fingerprint density at radius 1 is 0.731 bits per heavy atom. The predicted molar refractivity (Wildman–Crippen MR) is 106 cm³/mol. The normalized spacial score (nSPS) is 10.5. The Balaban J connectivity index is 2.13. The van der Waals surface area contributed by atoms with Crippen molar-refractivity contribution >= 4 is 17.0 Å². The molecule has 3 aromatic rings. The Morgan fingerprint density at radius 2 is 1.38 bits per heavy atom. The molecular weight excluding hydrogens is 350 g/mol. The molecule has 0 aliphatic heterocycles. The van der Waals surface area contributed by atoms with Crippen molar-refractivity contribution in [2.45, 2.75) is 0 Å². The second-order valence-corrected chi connectivity index (χ2v) is 6.45. The van der Waals surface area contributed by atoms with Gasteiger partial charge in [0, 0.05) is 10.4 Å². The van der Waals surface area contributed by atoms with Gasteiger partial charge >= 0.3 is 0 Å². The highest BCUT2D eigenvalue weighted by Gasteiger charge is 2.17. The molecular formula is C20H21NO4S. The average Bonchev–Trinajstić information content (AvgIpc) is 3.16. The third kappa shape index (κ3) is 3.15. The van der Waals surface area contributed by atoms with Crippen LogP contribution in [-0.2, 0) is 0 Å². The van der Waals surface area contributed by atoms with Crippen LogP contribution in [0.5, 0.6) is 23.0 Å². The lowest BCUT2D eigenvalue weighted by Crippen LogP contribution is -1.96. The Hall–Kier alpha value is -2.86. The van der Waals surface area contributed by atoms with Gasteiger partial charge in [0.1, 0.15) is 5.75 Å². The van der Waals surface area contributed by atoms with Gasteiger partial charge in [0.2, 0.25) is 5.75 Å². The molecule has 5 nitrogen and oxygen atoms in total. The smallest absolute Gasteiger partial charge is 0.203 e. The summed E-state index contributed by atoms with van der Waals surface area (Å²) in [7, 11) is 6.43. The molecule has 0 aliphatic rings. The lowest BCUT2D eigenvalue weighted by molar-refractivity contribution is 0.324. The molecule has 0 unspecified atom stereocenters. The number of nitrogen functional groups attached to an aromatic ring is 1.